The van der Waals surface area contributed by atoms with Gasteiger partial charge in [-0.1, -0.05) is 12.1 Å². The summed E-state index contributed by atoms with van der Waals surface area (Å²) in [5.74, 6) is 1.96. The van der Waals surface area contributed by atoms with Crippen molar-refractivity contribution in [3.8, 4) is 5.75 Å². The van der Waals surface area contributed by atoms with E-state index in [0.717, 1.165) is 19.3 Å². The average Bonchev–Trinajstić information content (AvgIpc) is 2.58. The molecule has 4 saturated carbocycles. The highest BCUT2D eigenvalue weighted by atomic mass is 32.2. The van der Waals surface area contributed by atoms with Crippen LogP contribution in [0.1, 0.15) is 38.5 Å². The number of hydrogen-bond donors (Lipinski definition) is 2. The molecule has 0 spiro atoms. The maximum atomic E-state index is 12.9. The summed E-state index contributed by atoms with van der Waals surface area (Å²) in [5, 5.41) is 0. The lowest BCUT2D eigenvalue weighted by Gasteiger charge is -2.55. The molecule has 0 unspecified atom stereocenters. The van der Waals surface area contributed by atoms with Crippen LogP contribution in [-0.4, -0.2) is 21.4 Å². The molecule has 5 rings (SSSR count). The lowest BCUT2D eigenvalue weighted by atomic mass is 9.49. The molecule has 4 aliphatic rings. The van der Waals surface area contributed by atoms with Crippen LogP contribution in [0.3, 0.4) is 0 Å². The van der Waals surface area contributed by atoms with Gasteiger partial charge in [0.15, 0.2) is 0 Å². The van der Waals surface area contributed by atoms with E-state index in [0.29, 0.717) is 17.8 Å². The Hall–Kier alpha value is -1.60. The normalized spacial score (nSPS) is 33.2. The van der Waals surface area contributed by atoms with E-state index in [1.165, 1.54) is 32.4 Å². The minimum absolute atomic E-state index is 0.0170. The SMILES string of the molecule is COc1ccccc1S(=O)(=O)NNC(=O)C12CC3CC(CC(C3)C1)C2. The van der Waals surface area contributed by atoms with Crippen LogP contribution in [0.15, 0.2) is 29.2 Å². The van der Waals surface area contributed by atoms with Gasteiger partial charge in [-0.3, -0.25) is 10.2 Å². The molecule has 136 valence electrons. The summed E-state index contributed by atoms with van der Waals surface area (Å²) < 4.78 is 30.2. The van der Waals surface area contributed by atoms with Gasteiger partial charge in [-0.25, -0.2) is 8.42 Å². The zero-order valence-corrected chi connectivity index (χ0v) is 15.1. The van der Waals surface area contributed by atoms with Crippen LogP contribution in [0, 0.1) is 23.2 Å². The van der Waals surface area contributed by atoms with E-state index in [1.54, 1.807) is 18.2 Å². The molecule has 4 bridgehead atoms. The molecule has 0 atom stereocenters. The van der Waals surface area contributed by atoms with Gasteiger partial charge in [0.2, 0.25) is 5.91 Å². The van der Waals surface area contributed by atoms with E-state index < -0.39 is 15.4 Å². The molecule has 0 aliphatic heterocycles. The number of ether oxygens (including phenoxy) is 1. The molecule has 0 radical (unpaired) electrons. The van der Waals surface area contributed by atoms with Gasteiger partial charge < -0.3 is 4.74 Å². The second kappa shape index (κ2) is 5.99. The second-order valence-corrected chi connectivity index (χ2v) is 9.56. The van der Waals surface area contributed by atoms with Gasteiger partial charge in [0, 0.05) is 0 Å². The van der Waals surface area contributed by atoms with Gasteiger partial charge in [0.1, 0.15) is 10.6 Å². The zero-order chi connectivity index (χ0) is 17.7. The molecule has 4 fully saturated rings. The predicted molar refractivity (Wildman–Crippen MR) is 92.1 cm³/mol. The van der Waals surface area contributed by atoms with Gasteiger partial charge in [0.05, 0.1) is 12.5 Å². The fourth-order valence-corrected chi connectivity index (χ4v) is 6.54. The van der Waals surface area contributed by atoms with Crippen molar-refractivity contribution in [2.45, 2.75) is 43.4 Å². The van der Waals surface area contributed by atoms with Gasteiger partial charge >= 0.3 is 0 Å². The summed E-state index contributed by atoms with van der Waals surface area (Å²) in [6.45, 7) is 0. The number of rotatable bonds is 5. The van der Waals surface area contributed by atoms with Gasteiger partial charge in [-0.05, 0) is 68.4 Å². The minimum Gasteiger partial charge on any atom is -0.495 e. The minimum atomic E-state index is -3.88. The number of carbonyl (C=O) groups excluding carboxylic acids is 1. The molecule has 25 heavy (non-hydrogen) atoms. The summed E-state index contributed by atoms with van der Waals surface area (Å²) in [5.41, 5.74) is 2.11. The quantitative estimate of drug-likeness (QED) is 0.785. The lowest BCUT2D eigenvalue weighted by molar-refractivity contribution is -0.146. The highest BCUT2D eigenvalue weighted by Crippen LogP contribution is 2.60. The van der Waals surface area contributed by atoms with E-state index in [4.69, 9.17) is 4.74 Å². The number of hydrogen-bond acceptors (Lipinski definition) is 4. The Morgan fingerprint density at radius 3 is 2.20 bits per heavy atom. The van der Waals surface area contributed by atoms with Crippen LogP contribution >= 0.6 is 0 Å². The van der Waals surface area contributed by atoms with Gasteiger partial charge in [0.25, 0.3) is 10.0 Å². The molecule has 1 amide bonds. The molecule has 7 heteroatoms. The first-order chi connectivity index (χ1) is 11.9. The average molecular weight is 364 g/mol. The highest BCUT2D eigenvalue weighted by molar-refractivity contribution is 7.89. The van der Waals surface area contributed by atoms with Crippen molar-refractivity contribution in [1.29, 1.82) is 0 Å². The Kier molecular flexibility index (Phi) is 4.03. The number of sulfonamides is 1. The van der Waals surface area contributed by atoms with Crippen LogP contribution < -0.4 is 15.0 Å². The zero-order valence-electron chi connectivity index (χ0n) is 14.3. The van der Waals surface area contributed by atoms with E-state index in [-0.39, 0.29) is 16.6 Å². The number of amides is 1. The molecule has 1 aromatic carbocycles. The molecule has 0 heterocycles. The Bertz CT molecular complexity index is 755. The number of carbonyl (C=O) groups is 1. The highest BCUT2D eigenvalue weighted by Gasteiger charge is 2.54. The topological polar surface area (TPSA) is 84.5 Å². The van der Waals surface area contributed by atoms with E-state index >= 15 is 0 Å². The fourth-order valence-electron chi connectivity index (χ4n) is 5.53. The number of nitrogens with one attached hydrogen (secondary N) is 2. The Morgan fingerprint density at radius 1 is 1.08 bits per heavy atom. The van der Waals surface area contributed by atoms with Crippen molar-refractivity contribution in [3.05, 3.63) is 24.3 Å². The van der Waals surface area contributed by atoms with Gasteiger partial charge in [-0.15, -0.1) is 4.83 Å². The first-order valence-corrected chi connectivity index (χ1v) is 10.4. The molecule has 0 saturated heterocycles. The Labute approximate surface area is 148 Å². The summed E-state index contributed by atoms with van der Waals surface area (Å²) in [6.07, 6.45) is 6.38. The molecule has 1 aromatic rings. The van der Waals surface area contributed by atoms with Crippen LogP contribution in [-0.2, 0) is 14.8 Å². The van der Waals surface area contributed by atoms with Crippen LogP contribution in [0.4, 0.5) is 0 Å². The first kappa shape index (κ1) is 16.8. The summed E-state index contributed by atoms with van der Waals surface area (Å²) in [6, 6.07) is 6.36. The molecule has 4 aliphatic carbocycles. The third-order valence-corrected chi connectivity index (χ3v) is 7.46. The summed E-state index contributed by atoms with van der Waals surface area (Å²) in [7, 11) is -2.46. The van der Waals surface area contributed by atoms with Crippen LogP contribution in [0.2, 0.25) is 0 Å². The van der Waals surface area contributed by atoms with Crippen molar-refractivity contribution < 1.29 is 17.9 Å². The maximum Gasteiger partial charge on any atom is 0.261 e. The summed E-state index contributed by atoms with van der Waals surface area (Å²) >= 11 is 0. The van der Waals surface area contributed by atoms with Crippen LogP contribution in [0.25, 0.3) is 0 Å². The molecule has 0 aromatic heterocycles. The number of hydrazine groups is 1. The monoisotopic (exact) mass is 364 g/mol. The standard InChI is InChI=1S/C18H24N2O4S/c1-24-15-4-2-3-5-16(15)25(22,23)20-19-17(21)18-9-12-6-13(10-18)8-14(7-12)11-18/h2-5,12-14,20H,6-11H2,1H3,(H,19,21). The number of para-hydroxylation sites is 1. The van der Waals surface area contributed by atoms with Crippen LogP contribution in [0.5, 0.6) is 5.75 Å². The largest absolute Gasteiger partial charge is 0.495 e. The predicted octanol–water partition coefficient (Wildman–Crippen LogP) is 2.22. The maximum absolute atomic E-state index is 12.9. The molecular formula is C18H24N2O4S. The second-order valence-electron chi connectivity index (χ2n) is 7.91. The van der Waals surface area contributed by atoms with Gasteiger partial charge in [-0.2, -0.15) is 0 Å². The van der Waals surface area contributed by atoms with E-state index in [9.17, 15) is 13.2 Å². The summed E-state index contributed by atoms with van der Waals surface area (Å²) in [4.78, 5) is 15.1. The number of benzene rings is 1. The van der Waals surface area contributed by atoms with Crippen molar-refractivity contribution in [1.82, 2.24) is 10.3 Å². The first-order valence-electron chi connectivity index (χ1n) is 8.87. The smallest absolute Gasteiger partial charge is 0.261 e. The Balaban J connectivity index is 1.49. The fraction of sp³-hybridized carbons (Fsp3) is 0.611. The van der Waals surface area contributed by atoms with Crippen molar-refractivity contribution in [2.24, 2.45) is 23.2 Å². The van der Waals surface area contributed by atoms with E-state index in [2.05, 4.69) is 10.3 Å². The van der Waals surface area contributed by atoms with E-state index in [1.807, 2.05) is 0 Å². The third kappa shape index (κ3) is 2.93. The van der Waals surface area contributed by atoms with Crippen molar-refractivity contribution in [2.75, 3.05) is 7.11 Å². The Morgan fingerprint density at radius 2 is 1.64 bits per heavy atom. The lowest BCUT2D eigenvalue weighted by Crippen LogP contribution is -2.56. The number of methoxy groups -OCH3 is 1. The van der Waals surface area contributed by atoms with Crippen molar-refractivity contribution in [3.63, 3.8) is 0 Å². The third-order valence-electron chi connectivity index (χ3n) is 6.18. The molecule has 2 N–H and O–H groups in total. The molecular weight excluding hydrogens is 340 g/mol. The van der Waals surface area contributed by atoms with Crippen molar-refractivity contribution >= 4 is 15.9 Å². The molecule has 6 nitrogen and oxygen atoms in total.